The first-order chi connectivity index (χ1) is 5.52. The fourth-order valence-corrected chi connectivity index (χ4v) is 2.18. The van der Waals surface area contributed by atoms with Gasteiger partial charge in [0.15, 0.2) is 0 Å². The molecule has 1 rings (SSSR count). The van der Waals surface area contributed by atoms with E-state index in [4.69, 9.17) is 22.4 Å². The Morgan fingerprint density at radius 3 is 2.75 bits per heavy atom. The number of aliphatic carboxylic acids is 1. The second-order valence-electron chi connectivity index (χ2n) is 2.41. The van der Waals surface area contributed by atoms with Crippen LogP contribution in [0.15, 0.2) is 6.07 Å². The van der Waals surface area contributed by atoms with E-state index in [1.54, 1.807) is 13.0 Å². The highest BCUT2D eigenvalue weighted by Crippen LogP contribution is 2.30. The van der Waals surface area contributed by atoms with Gasteiger partial charge >= 0.3 is 5.97 Å². The van der Waals surface area contributed by atoms with Crippen LogP contribution in [0.4, 0.5) is 0 Å². The Balaban J connectivity index is 3.02. The van der Waals surface area contributed by atoms with Crippen LogP contribution in [0.1, 0.15) is 16.5 Å². The molecule has 0 amide bonds. The van der Waals surface area contributed by atoms with Gasteiger partial charge < -0.3 is 10.8 Å². The van der Waals surface area contributed by atoms with Crippen LogP contribution in [0.2, 0.25) is 4.34 Å². The van der Waals surface area contributed by atoms with Gasteiger partial charge in [0.1, 0.15) is 6.04 Å². The summed E-state index contributed by atoms with van der Waals surface area (Å²) in [4.78, 5) is 11.1. The van der Waals surface area contributed by atoms with Crippen molar-refractivity contribution in [1.29, 1.82) is 0 Å². The number of rotatable bonds is 2. The second-order valence-corrected chi connectivity index (χ2v) is 4.13. The Kier molecular flexibility index (Phi) is 2.72. The summed E-state index contributed by atoms with van der Waals surface area (Å²) < 4.78 is 0.569. The molecule has 0 spiro atoms. The van der Waals surface area contributed by atoms with E-state index in [1.807, 2.05) is 0 Å². The maximum absolute atomic E-state index is 10.5. The van der Waals surface area contributed by atoms with E-state index in [2.05, 4.69) is 0 Å². The van der Waals surface area contributed by atoms with E-state index in [0.717, 1.165) is 5.56 Å². The normalized spacial score (nSPS) is 12.9. The van der Waals surface area contributed by atoms with Gasteiger partial charge in [0.25, 0.3) is 0 Å². The quantitative estimate of drug-likeness (QED) is 0.774. The molecule has 3 nitrogen and oxygen atoms in total. The highest BCUT2D eigenvalue weighted by Gasteiger charge is 2.18. The van der Waals surface area contributed by atoms with Gasteiger partial charge in [-0.1, -0.05) is 11.6 Å². The Morgan fingerprint density at radius 2 is 2.42 bits per heavy atom. The highest BCUT2D eigenvalue weighted by molar-refractivity contribution is 7.16. The minimum Gasteiger partial charge on any atom is -0.480 e. The van der Waals surface area contributed by atoms with Crippen LogP contribution >= 0.6 is 22.9 Å². The van der Waals surface area contributed by atoms with E-state index in [1.165, 1.54) is 11.3 Å². The second kappa shape index (κ2) is 3.43. The lowest BCUT2D eigenvalue weighted by Crippen LogP contribution is -2.20. The van der Waals surface area contributed by atoms with Crippen LogP contribution in [0.25, 0.3) is 0 Å². The molecule has 66 valence electrons. The third-order valence-electron chi connectivity index (χ3n) is 1.47. The molecule has 0 aliphatic carbocycles. The van der Waals surface area contributed by atoms with Crippen LogP contribution in [0, 0.1) is 6.92 Å². The van der Waals surface area contributed by atoms with E-state index < -0.39 is 12.0 Å². The van der Waals surface area contributed by atoms with Crippen molar-refractivity contribution in [2.24, 2.45) is 5.73 Å². The lowest BCUT2D eigenvalue weighted by Gasteiger charge is -2.03. The largest absolute Gasteiger partial charge is 0.480 e. The van der Waals surface area contributed by atoms with Crippen molar-refractivity contribution in [3.8, 4) is 0 Å². The number of hydrogen-bond donors (Lipinski definition) is 2. The minimum absolute atomic E-state index is 0.569. The van der Waals surface area contributed by atoms with Crippen LogP contribution in [0.3, 0.4) is 0 Å². The molecule has 1 aromatic rings. The zero-order valence-corrected chi connectivity index (χ0v) is 7.95. The van der Waals surface area contributed by atoms with Crippen molar-refractivity contribution in [2.45, 2.75) is 13.0 Å². The average Bonchev–Trinajstić information content (AvgIpc) is 2.28. The van der Waals surface area contributed by atoms with Gasteiger partial charge in [-0.05, 0) is 18.6 Å². The number of thiophene rings is 1. The number of carboxylic acid groups (broad SMARTS) is 1. The lowest BCUT2D eigenvalue weighted by atomic mass is 10.2. The van der Waals surface area contributed by atoms with Gasteiger partial charge in [-0.3, -0.25) is 4.79 Å². The number of aryl methyl sites for hydroxylation is 1. The molecule has 0 bridgehead atoms. The topological polar surface area (TPSA) is 63.3 Å². The molecule has 0 fully saturated rings. The minimum atomic E-state index is -1.03. The van der Waals surface area contributed by atoms with E-state index >= 15 is 0 Å². The summed E-state index contributed by atoms with van der Waals surface area (Å²) in [5.74, 6) is -1.03. The lowest BCUT2D eigenvalue weighted by molar-refractivity contribution is -0.138. The zero-order chi connectivity index (χ0) is 9.30. The van der Waals surface area contributed by atoms with Gasteiger partial charge in [-0.25, -0.2) is 0 Å². The first-order valence-corrected chi connectivity index (χ1v) is 4.46. The Morgan fingerprint density at radius 1 is 1.83 bits per heavy atom. The molecule has 0 aromatic carbocycles. The molecular formula is C7H8ClNO2S. The van der Waals surface area contributed by atoms with Crippen molar-refractivity contribution < 1.29 is 9.90 Å². The zero-order valence-electron chi connectivity index (χ0n) is 6.37. The van der Waals surface area contributed by atoms with Gasteiger partial charge in [-0.15, -0.1) is 11.3 Å². The smallest absolute Gasteiger partial charge is 0.325 e. The summed E-state index contributed by atoms with van der Waals surface area (Å²) >= 11 is 6.89. The summed E-state index contributed by atoms with van der Waals surface area (Å²) in [6.45, 7) is 1.79. The van der Waals surface area contributed by atoms with Gasteiger partial charge in [0.05, 0.1) is 4.34 Å². The number of hydrogen-bond acceptors (Lipinski definition) is 3. The summed E-state index contributed by atoms with van der Waals surface area (Å²) in [5.41, 5.74) is 6.24. The molecule has 0 saturated heterocycles. The summed E-state index contributed by atoms with van der Waals surface area (Å²) in [7, 11) is 0. The first kappa shape index (κ1) is 9.51. The molecule has 12 heavy (non-hydrogen) atoms. The summed E-state index contributed by atoms with van der Waals surface area (Å²) in [6, 6.07) is 0.757. The molecule has 1 aromatic heterocycles. The van der Waals surface area contributed by atoms with Gasteiger partial charge in [0.2, 0.25) is 0 Å². The van der Waals surface area contributed by atoms with Crippen molar-refractivity contribution in [3.05, 3.63) is 20.8 Å². The maximum Gasteiger partial charge on any atom is 0.325 e. The molecule has 0 aliphatic heterocycles. The summed E-state index contributed by atoms with van der Waals surface area (Å²) in [6.07, 6.45) is 0. The van der Waals surface area contributed by atoms with E-state index in [-0.39, 0.29) is 0 Å². The number of carbonyl (C=O) groups is 1. The third-order valence-corrected chi connectivity index (χ3v) is 2.92. The summed E-state index contributed by atoms with van der Waals surface area (Å²) in [5, 5.41) is 8.61. The maximum atomic E-state index is 10.5. The van der Waals surface area contributed by atoms with Gasteiger partial charge in [-0.2, -0.15) is 0 Å². The van der Waals surface area contributed by atoms with Crippen molar-refractivity contribution in [1.82, 2.24) is 0 Å². The molecule has 1 unspecified atom stereocenters. The third kappa shape index (κ3) is 1.77. The fraction of sp³-hybridized carbons (Fsp3) is 0.286. The predicted octanol–water partition coefficient (Wildman–Crippen LogP) is 1.79. The first-order valence-electron chi connectivity index (χ1n) is 3.26. The average molecular weight is 206 g/mol. The Hall–Kier alpha value is -0.580. The standard InChI is InChI=1S/C7H8ClNO2S/c1-3-2-4(8)12-6(3)5(9)7(10)11/h2,5H,9H2,1H3,(H,10,11). The van der Waals surface area contributed by atoms with Crippen molar-refractivity contribution in [3.63, 3.8) is 0 Å². The Bertz CT molecular complexity index is 310. The van der Waals surface area contributed by atoms with Crippen LogP contribution in [-0.4, -0.2) is 11.1 Å². The van der Waals surface area contributed by atoms with Crippen LogP contribution in [0.5, 0.6) is 0 Å². The predicted molar refractivity (Wildman–Crippen MR) is 48.6 cm³/mol. The SMILES string of the molecule is Cc1cc(Cl)sc1C(N)C(=O)O. The molecule has 1 heterocycles. The molecule has 0 saturated carbocycles. The number of nitrogens with two attached hydrogens (primary N) is 1. The van der Waals surface area contributed by atoms with E-state index in [0.29, 0.717) is 9.21 Å². The highest BCUT2D eigenvalue weighted by atomic mass is 35.5. The molecular weight excluding hydrogens is 198 g/mol. The fourth-order valence-electron chi connectivity index (χ4n) is 0.877. The Labute approximate surface area is 78.8 Å². The monoisotopic (exact) mass is 205 g/mol. The molecule has 1 atom stereocenters. The van der Waals surface area contributed by atoms with Crippen LogP contribution < -0.4 is 5.73 Å². The van der Waals surface area contributed by atoms with Crippen molar-refractivity contribution in [2.75, 3.05) is 0 Å². The van der Waals surface area contributed by atoms with Crippen molar-refractivity contribution >= 4 is 28.9 Å². The molecule has 0 aliphatic rings. The van der Waals surface area contributed by atoms with Crippen LogP contribution in [-0.2, 0) is 4.79 Å². The molecule has 5 heteroatoms. The number of halogens is 1. The van der Waals surface area contributed by atoms with E-state index in [9.17, 15) is 4.79 Å². The number of carboxylic acids is 1. The molecule has 3 N–H and O–H groups in total. The van der Waals surface area contributed by atoms with Gasteiger partial charge in [0, 0.05) is 4.88 Å². The molecule has 0 radical (unpaired) electrons.